The van der Waals surface area contributed by atoms with Crippen molar-refractivity contribution in [1.29, 1.82) is 0 Å². The number of primary amides is 1. The van der Waals surface area contributed by atoms with Gasteiger partial charge in [0.2, 0.25) is 0 Å². The molecule has 3 aromatic heterocycles. The van der Waals surface area contributed by atoms with E-state index in [0.717, 1.165) is 45.9 Å². The molecule has 39 heavy (non-hydrogen) atoms. The number of carbonyl (C=O) groups is 1. The molecular formula is C30H25FN6O2. The highest BCUT2D eigenvalue weighted by Crippen LogP contribution is 2.38. The number of para-hydroxylation sites is 1. The molecule has 4 heterocycles. The van der Waals surface area contributed by atoms with Crippen LogP contribution in [0.15, 0.2) is 72.9 Å². The molecular weight excluding hydrogens is 495 g/mol. The van der Waals surface area contributed by atoms with Crippen LogP contribution in [0.2, 0.25) is 0 Å². The molecule has 0 radical (unpaired) electrons. The maximum Gasteiger partial charge on any atom is 0.269 e. The monoisotopic (exact) mass is 520 g/mol. The van der Waals surface area contributed by atoms with Gasteiger partial charge < -0.3 is 25.3 Å². The number of nitrogens with one attached hydrogen (secondary N) is 2. The molecule has 0 unspecified atom stereocenters. The Morgan fingerprint density at radius 3 is 2.72 bits per heavy atom. The van der Waals surface area contributed by atoms with Gasteiger partial charge in [0.25, 0.3) is 5.91 Å². The fourth-order valence-electron chi connectivity index (χ4n) is 5.55. The van der Waals surface area contributed by atoms with Crippen molar-refractivity contribution in [3.63, 3.8) is 0 Å². The van der Waals surface area contributed by atoms with Crippen LogP contribution in [-0.4, -0.2) is 44.7 Å². The van der Waals surface area contributed by atoms with Crippen molar-refractivity contribution in [3.05, 3.63) is 84.4 Å². The highest BCUT2D eigenvalue weighted by molar-refractivity contribution is 6.15. The van der Waals surface area contributed by atoms with Gasteiger partial charge in [-0.1, -0.05) is 30.3 Å². The molecule has 1 aliphatic rings. The normalized spacial score (nSPS) is 14.4. The van der Waals surface area contributed by atoms with Gasteiger partial charge in [-0.25, -0.2) is 14.4 Å². The Morgan fingerprint density at radius 2 is 1.87 bits per heavy atom. The number of hydrogen-bond donors (Lipinski definition) is 3. The number of fused-ring (bicyclic) bond motifs is 4. The second-order valence-electron chi connectivity index (χ2n) is 9.78. The van der Waals surface area contributed by atoms with E-state index in [1.54, 1.807) is 12.3 Å². The van der Waals surface area contributed by atoms with Gasteiger partial charge in [0.1, 0.15) is 11.6 Å². The van der Waals surface area contributed by atoms with Gasteiger partial charge in [0, 0.05) is 35.6 Å². The minimum absolute atomic E-state index is 0.163. The van der Waals surface area contributed by atoms with Gasteiger partial charge in [-0.3, -0.25) is 4.79 Å². The Balaban J connectivity index is 1.43. The molecule has 1 fully saturated rings. The maximum absolute atomic E-state index is 13.9. The Kier molecular flexibility index (Phi) is 5.52. The van der Waals surface area contributed by atoms with E-state index < -0.39 is 5.91 Å². The van der Waals surface area contributed by atoms with E-state index >= 15 is 0 Å². The highest BCUT2D eigenvalue weighted by atomic mass is 19.1. The zero-order chi connectivity index (χ0) is 26.5. The number of benzene rings is 3. The molecule has 0 saturated carbocycles. The number of hydrogen-bond acceptors (Lipinski definition) is 5. The predicted octanol–water partition coefficient (Wildman–Crippen LogP) is 5.55. The summed E-state index contributed by atoms with van der Waals surface area (Å²) in [5, 5.41) is 5.52. The molecule has 1 amide bonds. The molecule has 0 atom stereocenters. The predicted molar refractivity (Wildman–Crippen MR) is 150 cm³/mol. The van der Waals surface area contributed by atoms with Crippen LogP contribution in [0.3, 0.4) is 0 Å². The number of anilines is 1. The number of nitrogens with zero attached hydrogens (tertiary/aromatic N) is 3. The molecule has 9 heteroatoms. The smallest absolute Gasteiger partial charge is 0.269 e. The first-order valence-electron chi connectivity index (χ1n) is 12.9. The quantitative estimate of drug-likeness (QED) is 0.276. The van der Waals surface area contributed by atoms with Gasteiger partial charge in [-0.2, -0.15) is 0 Å². The largest absolute Gasteiger partial charge is 0.381 e. The number of aromatic amines is 1. The van der Waals surface area contributed by atoms with E-state index in [4.69, 9.17) is 15.5 Å². The van der Waals surface area contributed by atoms with Crippen LogP contribution in [0.5, 0.6) is 0 Å². The Labute approximate surface area is 222 Å². The van der Waals surface area contributed by atoms with Crippen LogP contribution in [0.1, 0.15) is 23.3 Å². The average Bonchev–Trinajstić information content (AvgIpc) is 3.52. The lowest BCUT2D eigenvalue weighted by Crippen LogP contribution is -2.29. The fraction of sp³-hybridized carbons (Fsp3) is 0.167. The first-order valence-corrected chi connectivity index (χ1v) is 12.9. The van der Waals surface area contributed by atoms with Crippen molar-refractivity contribution in [3.8, 4) is 17.1 Å². The lowest BCUT2D eigenvalue weighted by atomic mass is 10.1. The third-order valence-electron chi connectivity index (χ3n) is 7.34. The summed E-state index contributed by atoms with van der Waals surface area (Å²) in [4.78, 5) is 24.8. The van der Waals surface area contributed by atoms with Crippen LogP contribution in [-0.2, 0) is 4.74 Å². The van der Waals surface area contributed by atoms with E-state index in [1.807, 2.05) is 30.3 Å². The molecule has 4 N–H and O–H groups in total. The lowest BCUT2D eigenvalue weighted by Gasteiger charge is -2.25. The first-order chi connectivity index (χ1) is 19.1. The third-order valence-corrected chi connectivity index (χ3v) is 7.34. The molecule has 1 saturated heterocycles. The summed E-state index contributed by atoms with van der Waals surface area (Å²) >= 11 is 0. The second-order valence-corrected chi connectivity index (χ2v) is 9.78. The third kappa shape index (κ3) is 3.98. The van der Waals surface area contributed by atoms with E-state index in [2.05, 4.69) is 38.1 Å². The Morgan fingerprint density at radius 1 is 1.05 bits per heavy atom. The van der Waals surface area contributed by atoms with Crippen LogP contribution in [0, 0.1) is 5.82 Å². The summed E-state index contributed by atoms with van der Waals surface area (Å²) in [5.41, 5.74) is 11.5. The number of rotatable bonds is 5. The minimum atomic E-state index is -0.582. The summed E-state index contributed by atoms with van der Waals surface area (Å²) in [6.45, 7) is 1.33. The molecule has 0 spiro atoms. The SMILES string of the molecule is NC(=O)c1ncc(-n2c3ccccc3c3c(-c4nc5ccc(F)cc5[nH]4)cccc32)cc1NC1CCOCC1. The maximum atomic E-state index is 13.9. The van der Waals surface area contributed by atoms with Crippen LogP contribution in [0.25, 0.3) is 49.9 Å². The molecule has 194 valence electrons. The zero-order valence-electron chi connectivity index (χ0n) is 20.9. The van der Waals surface area contributed by atoms with Crippen molar-refractivity contribution in [2.24, 2.45) is 5.73 Å². The molecule has 6 aromatic rings. The van der Waals surface area contributed by atoms with Crippen LogP contribution in [0.4, 0.5) is 10.1 Å². The van der Waals surface area contributed by atoms with Crippen molar-refractivity contribution >= 4 is 44.4 Å². The van der Waals surface area contributed by atoms with Gasteiger partial charge in [0.15, 0.2) is 5.69 Å². The van der Waals surface area contributed by atoms with E-state index in [-0.39, 0.29) is 17.6 Å². The zero-order valence-corrected chi connectivity index (χ0v) is 20.9. The second kappa shape index (κ2) is 9.21. The summed E-state index contributed by atoms with van der Waals surface area (Å²) in [6.07, 6.45) is 3.35. The summed E-state index contributed by atoms with van der Waals surface area (Å²) in [7, 11) is 0. The molecule has 3 aromatic carbocycles. The summed E-state index contributed by atoms with van der Waals surface area (Å²) < 4.78 is 21.5. The van der Waals surface area contributed by atoms with Crippen molar-refractivity contribution in [2.75, 3.05) is 18.5 Å². The molecule has 8 nitrogen and oxygen atoms in total. The number of halogens is 1. The number of aromatic nitrogens is 4. The Hall–Kier alpha value is -4.76. The van der Waals surface area contributed by atoms with E-state index in [9.17, 15) is 9.18 Å². The lowest BCUT2D eigenvalue weighted by molar-refractivity contribution is 0.0904. The van der Waals surface area contributed by atoms with E-state index in [1.165, 1.54) is 12.1 Å². The minimum Gasteiger partial charge on any atom is -0.381 e. The molecule has 0 bridgehead atoms. The van der Waals surface area contributed by atoms with Gasteiger partial charge in [0.05, 0.1) is 39.6 Å². The number of amides is 1. The van der Waals surface area contributed by atoms with Crippen molar-refractivity contribution in [1.82, 2.24) is 19.5 Å². The number of nitrogens with two attached hydrogens (primary N) is 1. The van der Waals surface area contributed by atoms with Crippen LogP contribution < -0.4 is 11.1 Å². The molecule has 1 aliphatic heterocycles. The standard InChI is InChI=1S/C30H25FN6O2/c31-17-8-9-22-23(14-17)36-30(35-22)21-5-3-7-26-27(21)20-4-1-2-6-25(20)37(26)19-15-24(28(29(32)38)33-16-19)34-18-10-12-39-13-11-18/h1-9,14-16,18,34H,10-13H2,(H2,32,38)(H,35,36). The number of imidazole rings is 1. The van der Waals surface area contributed by atoms with Crippen molar-refractivity contribution < 1.29 is 13.9 Å². The Bertz CT molecular complexity index is 1890. The average molecular weight is 521 g/mol. The van der Waals surface area contributed by atoms with Gasteiger partial charge in [-0.05, 0) is 49.2 Å². The fourth-order valence-corrected chi connectivity index (χ4v) is 5.55. The number of H-pyrrole nitrogens is 1. The number of pyridine rings is 1. The molecule has 7 rings (SSSR count). The van der Waals surface area contributed by atoms with Crippen LogP contribution >= 0.6 is 0 Å². The topological polar surface area (TPSA) is 111 Å². The van der Waals surface area contributed by atoms with Crippen molar-refractivity contribution in [2.45, 2.75) is 18.9 Å². The molecule has 0 aliphatic carbocycles. The number of ether oxygens (including phenoxy) is 1. The van der Waals surface area contributed by atoms with Gasteiger partial charge >= 0.3 is 0 Å². The highest BCUT2D eigenvalue weighted by Gasteiger charge is 2.21. The first kappa shape index (κ1) is 23.4. The van der Waals surface area contributed by atoms with Gasteiger partial charge in [-0.15, -0.1) is 0 Å². The number of carbonyl (C=O) groups excluding carboxylic acids is 1. The summed E-state index contributed by atoms with van der Waals surface area (Å²) in [5.74, 6) is -0.236. The summed E-state index contributed by atoms with van der Waals surface area (Å²) in [6, 6.07) is 20.8. The van der Waals surface area contributed by atoms with E-state index in [0.29, 0.717) is 35.8 Å².